The number of carboxylic acid groups (broad SMARTS) is 1. The van der Waals surface area contributed by atoms with Gasteiger partial charge in [0.2, 0.25) is 12.0 Å². The van der Waals surface area contributed by atoms with Gasteiger partial charge in [0.25, 0.3) is 0 Å². The minimum atomic E-state index is -1.74. The first-order chi connectivity index (χ1) is 10.8. The highest BCUT2D eigenvalue weighted by molar-refractivity contribution is 5.89. The number of rotatable bonds is 4. The maximum atomic E-state index is 10.8. The van der Waals surface area contributed by atoms with Crippen LogP contribution in [0.4, 0.5) is 0 Å². The van der Waals surface area contributed by atoms with E-state index in [1.165, 1.54) is 0 Å². The molecule has 1 aromatic rings. The van der Waals surface area contributed by atoms with Crippen LogP contribution in [-0.2, 0) is 4.74 Å². The van der Waals surface area contributed by atoms with E-state index in [1.54, 1.807) is 0 Å². The van der Waals surface area contributed by atoms with E-state index >= 15 is 0 Å². The Hall–Kier alpha value is -2.15. The monoisotopic (exact) mass is 349 g/mol. The first-order valence-corrected chi connectivity index (χ1v) is 6.52. The summed E-state index contributed by atoms with van der Waals surface area (Å²) in [6, 6.07) is 1.61. The Morgan fingerprint density at radius 1 is 1.08 bits per heavy atom. The number of aromatic hydroxyl groups is 2. The normalized spacial score (nSPS) is 29.6. The van der Waals surface area contributed by atoms with Crippen LogP contribution in [0.1, 0.15) is 10.4 Å². The van der Waals surface area contributed by atoms with Gasteiger partial charge in [-0.15, -0.1) is 0 Å². The van der Waals surface area contributed by atoms with Crippen molar-refractivity contribution >= 4 is 5.97 Å². The molecule has 0 bridgehead atoms. The molecule has 136 valence electrons. The first-order valence-electron chi connectivity index (χ1n) is 6.52. The highest BCUT2D eigenvalue weighted by atomic mass is 16.7. The van der Waals surface area contributed by atoms with Gasteiger partial charge < -0.3 is 51.4 Å². The van der Waals surface area contributed by atoms with Crippen molar-refractivity contribution in [3.63, 3.8) is 0 Å². The summed E-state index contributed by atoms with van der Waals surface area (Å²) < 4.78 is 10.1. The van der Waals surface area contributed by atoms with E-state index in [9.17, 15) is 30.3 Å². The summed E-state index contributed by atoms with van der Waals surface area (Å²) in [6.45, 7) is -0.680. The Bertz CT molecular complexity index is 569. The molecule has 1 saturated heterocycles. The molecule has 1 fully saturated rings. The molecule has 0 spiro atoms. The molecule has 1 unspecified atom stereocenters. The average Bonchev–Trinajstić information content (AvgIpc) is 2.50. The smallest absolute Gasteiger partial charge is 0.335 e. The lowest BCUT2D eigenvalue weighted by Gasteiger charge is -2.39. The number of phenols is 2. The summed E-state index contributed by atoms with van der Waals surface area (Å²) >= 11 is 0. The van der Waals surface area contributed by atoms with E-state index in [2.05, 4.69) is 0 Å². The summed E-state index contributed by atoms with van der Waals surface area (Å²) in [4.78, 5) is 10.8. The molecule has 0 aromatic heterocycles. The van der Waals surface area contributed by atoms with Crippen molar-refractivity contribution in [2.45, 2.75) is 30.7 Å². The van der Waals surface area contributed by atoms with Crippen molar-refractivity contribution < 1.29 is 50.0 Å². The van der Waals surface area contributed by atoms with Gasteiger partial charge >= 0.3 is 5.97 Å². The molecule has 0 aliphatic carbocycles. The molecule has 5 atom stereocenters. The number of aliphatic hydroxyl groups is 4. The van der Waals surface area contributed by atoms with Gasteiger partial charge in [0, 0.05) is 0 Å². The lowest BCUT2D eigenvalue weighted by molar-refractivity contribution is -0.277. The van der Waals surface area contributed by atoms with Crippen molar-refractivity contribution in [3.05, 3.63) is 17.7 Å². The van der Waals surface area contributed by atoms with Gasteiger partial charge in [-0.05, 0) is 12.1 Å². The van der Waals surface area contributed by atoms with Gasteiger partial charge in [0.1, 0.15) is 24.4 Å². The number of aromatic carboxylic acids is 1. The van der Waals surface area contributed by atoms with Crippen LogP contribution in [0.3, 0.4) is 0 Å². The van der Waals surface area contributed by atoms with E-state index in [-0.39, 0.29) is 6.15 Å². The fourth-order valence-corrected chi connectivity index (χ4v) is 2.12. The van der Waals surface area contributed by atoms with Crippen LogP contribution in [0.2, 0.25) is 0 Å². The highest BCUT2D eigenvalue weighted by Crippen LogP contribution is 2.39. The Morgan fingerprint density at radius 3 is 2.08 bits per heavy atom. The average molecular weight is 349 g/mol. The van der Waals surface area contributed by atoms with Gasteiger partial charge in [-0.1, -0.05) is 0 Å². The minimum Gasteiger partial charge on any atom is -0.504 e. The number of aliphatic hydroxyl groups excluding tert-OH is 4. The van der Waals surface area contributed by atoms with Gasteiger partial charge in [-0.2, -0.15) is 0 Å². The van der Waals surface area contributed by atoms with E-state index in [0.29, 0.717) is 0 Å². The number of carboxylic acids is 1. The molecule has 10 N–H and O–H groups in total. The Balaban J connectivity index is 0.00000288. The number of hydrogen-bond donors (Lipinski definition) is 8. The molecule has 1 heterocycles. The molecule has 0 saturated carbocycles. The second-order valence-corrected chi connectivity index (χ2v) is 4.96. The third kappa shape index (κ3) is 3.67. The quantitative estimate of drug-likeness (QED) is 0.301. The molecule has 1 aromatic carbocycles. The number of ether oxygens (including phenoxy) is 2. The fourth-order valence-electron chi connectivity index (χ4n) is 2.12. The van der Waals surface area contributed by atoms with Crippen LogP contribution in [0.15, 0.2) is 12.1 Å². The van der Waals surface area contributed by atoms with Crippen molar-refractivity contribution in [2.75, 3.05) is 6.61 Å². The largest absolute Gasteiger partial charge is 0.504 e. The molecule has 24 heavy (non-hydrogen) atoms. The molecule has 2 rings (SSSR count). The molecule has 11 nitrogen and oxygen atoms in total. The van der Waals surface area contributed by atoms with E-state index in [4.69, 9.17) is 19.7 Å². The van der Waals surface area contributed by atoms with Crippen molar-refractivity contribution in [1.82, 2.24) is 6.15 Å². The van der Waals surface area contributed by atoms with Crippen LogP contribution in [0.25, 0.3) is 0 Å². The lowest BCUT2D eigenvalue weighted by atomic mass is 9.99. The van der Waals surface area contributed by atoms with Crippen LogP contribution < -0.4 is 10.9 Å². The summed E-state index contributed by atoms with van der Waals surface area (Å²) in [5, 5.41) is 66.4. The Labute approximate surface area is 135 Å². The predicted molar refractivity (Wildman–Crippen MR) is 76.1 cm³/mol. The van der Waals surface area contributed by atoms with Crippen LogP contribution in [0, 0.1) is 0 Å². The number of carbonyl (C=O) groups is 1. The van der Waals surface area contributed by atoms with Gasteiger partial charge in [0.05, 0.1) is 12.2 Å². The Kier molecular flexibility index (Phi) is 6.31. The van der Waals surface area contributed by atoms with Crippen LogP contribution in [-0.4, -0.2) is 79.0 Å². The van der Waals surface area contributed by atoms with Gasteiger partial charge in [0.15, 0.2) is 11.5 Å². The highest BCUT2D eigenvalue weighted by Gasteiger charge is 2.45. The van der Waals surface area contributed by atoms with E-state index in [0.717, 1.165) is 12.1 Å². The summed E-state index contributed by atoms with van der Waals surface area (Å²) in [6.07, 6.45) is -7.90. The maximum absolute atomic E-state index is 10.8. The summed E-state index contributed by atoms with van der Waals surface area (Å²) in [5.41, 5.74) is -0.402. The van der Waals surface area contributed by atoms with E-state index < -0.39 is 66.1 Å². The SMILES string of the molecule is N.O=C(O)c1cc(O)c(OC2O[C@H](CO)[C@@H](O)[C@H](O)[C@H]2O)c(O)c1. The zero-order chi connectivity index (χ0) is 17.3. The number of phenolic OH excluding ortho intramolecular Hbond substituents is 2. The standard InChI is InChI=1S/C13H16O10.H3N/c14-3-7-8(17)9(18)10(19)13(22-7)23-11-5(15)1-4(12(20)21)2-6(11)16;/h1-2,7-10,13-19H,3H2,(H,20,21);1H3/t7-,8-,9+,10-,13?;/m1./s1. The molecule has 11 heteroatoms. The minimum absolute atomic E-state index is 0. The molecule has 1 aliphatic rings. The van der Waals surface area contributed by atoms with Crippen molar-refractivity contribution in [1.29, 1.82) is 0 Å². The topological polar surface area (TPSA) is 212 Å². The van der Waals surface area contributed by atoms with Crippen molar-refractivity contribution in [2.24, 2.45) is 0 Å². The van der Waals surface area contributed by atoms with Crippen LogP contribution in [0.5, 0.6) is 17.2 Å². The second kappa shape index (κ2) is 7.61. The molecular formula is C13H19NO10. The van der Waals surface area contributed by atoms with Crippen LogP contribution >= 0.6 is 0 Å². The predicted octanol–water partition coefficient (Wildman–Crippen LogP) is -1.86. The molecule has 0 amide bonds. The summed E-state index contributed by atoms with van der Waals surface area (Å²) in [5.74, 6) is -3.45. The fraction of sp³-hybridized carbons (Fsp3) is 0.462. The third-order valence-corrected chi connectivity index (χ3v) is 3.38. The second-order valence-electron chi connectivity index (χ2n) is 4.96. The van der Waals surface area contributed by atoms with Gasteiger partial charge in [-0.3, -0.25) is 0 Å². The molecular weight excluding hydrogens is 330 g/mol. The number of hydrogen-bond acceptors (Lipinski definition) is 10. The first kappa shape index (κ1) is 19.9. The maximum Gasteiger partial charge on any atom is 0.335 e. The summed E-state index contributed by atoms with van der Waals surface area (Å²) in [7, 11) is 0. The van der Waals surface area contributed by atoms with E-state index in [1.807, 2.05) is 0 Å². The third-order valence-electron chi connectivity index (χ3n) is 3.38. The zero-order valence-electron chi connectivity index (χ0n) is 12.3. The molecule has 0 radical (unpaired) electrons. The molecule has 1 aliphatic heterocycles. The zero-order valence-corrected chi connectivity index (χ0v) is 12.3. The van der Waals surface area contributed by atoms with Crippen molar-refractivity contribution in [3.8, 4) is 17.2 Å². The number of benzene rings is 1. The lowest BCUT2D eigenvalue weighted by Crippen LogP contribution is -2.60. The van der Waals surface area contributed by atoms with Gasteiger partial charge in [-0.25, -0.2) is 4.79 Å². The Morgan fingerprint density at radius 2 is 1.62 bits per heavy atom.